The van der Waals surface area contributed by atoms with Crippen LogP contribution in [0.2, 0.25) is 0 Å². The number of aliphatic hydroxyl groups excluding tert-OH is 1. The molecule has 1 aromatic rings. The summed E-state index contributed by atoms with van der Waals surface area (Å²) in [4.78, 5) is 14.1. The first-order chi connectivity index (χ1) is 8.76. The van der Waals surface area contributed by atoms with Crippen molar-refractivity contribution < 1.29 is 14.6 Å². The van der Waals surface area contributed by atoms with E-state index in [2.05, 4.69) is 4.90 Å². The lowest BCUT2D eigenvalue weighted by atomic mass is 10.1. The Labute approximate surface area is 107 Å². The maximum absolute atomic E-state index is 12.0. The molecule has 2 unspecified atom stereocenters. The van der Waals surface area contributed by atoms with Crippen molar-refractivity contribution in [3.05, 3.63) is 35.9 Å². The Morgan fingerprint density at radius 3 is 2.78 bits per heavy atom. The molecule has 18 heavy (non-hydrogen) atoms. The molecular formula is C14H19NO3. The van der Waals surface area contributed by atoms with Gasteiger partial charge in [0.15, 0.2) is 0 Å². The van der Waals surface area contributed by atoms with Crippen LogP contribution in [0.3, 0.4) is 0 Å². The second-order valence-electron chi connectivity index (χ2n) is 4.67. The summed E-state index contributed by atoms with van der Waals surface area (Å²) in [6.45, 7) is 1.74. The summed E-state index contributed by atoms with van der Waals surface area (Å²) >= 11 is 0. The molecule has 1 aromatic carbocycles. The second kappa shape index (κ2) is 5.98. The van der Waals surface area contributed by atoms with Gasteiger partial charge in [0.2, 0.25) is 0 Å². The van der Waals surface area contributed by atoms with E-state index >= 15 is 0 Å². The minimum absolute atomic E-state index is 0.180. The zero-order chi connectivity index (χ0) is 13.0. The molecule has 1 N–H and O–H groups in total. The van der Waals surface area contributed by atoms with Gasteiger partial charge < -0.3 is 9.84 Å². The number of carbonyl (C=O) groups excluding carboxylic acids is 1. The van der Waals surface area contributed by atoms with Crippen LogP contribution in [0.15, 0.2) is 30.3 Å². The monoisotopic (exact) mass is 249 g/mol. The van der Waals surface area contributed by atoms with E-state index < -0.39 is 0 Å². The fourth-order valence-corrected chi connectivity index (χ4v) is 2.49. The summed E-state index contributed by atoms with van der Waals surface area (Å²) in [7, 11) is 1.41. The van der Waals surface area contributed by atoms with Gasteiger partial charge in [-0.2, -0.15) is 0 Å². The van der Waals surface area contributed by atoms with Gasteiger partial charge in [0.1, 0.15) is 6.04 Å². The number of likely N-dealkylation sites (tertiary alicyclic amines) is 1. The Hall–Kier alpha value is -1.39. The van der Waals surface area contributed by atoms with Gasteiger partial charge in [-0.15, -0.1) is 0 Å². The molecule has 98 valence electrons. The van der Waals surface area contributed by atoms with Gasteiger partial charge in [-0.3, -0.25) is 4.90 Å². The second-order valence-corrected chi connectivity index (χ2v) is 4.67. The summed E-state index contributed by atoms with van der Waals surface area (Å²) in [5.74, 6) is 0.0284. The van der Waals surface area contributed by atoms with Crippen LogP contribution in [0.5, 0.6) is 0 Å². The maximum atomic E-state index is 12.0. The Kier molecular flexibility index (Phi) is 4.33. The molecule has 0 radical (unpaired) electrons. The molecule has 0 saturated carbocycles. The third kappa shape index (κ3) is 2.71. The number of hydrogen-bond acceptors (Lipinski definition) is 4. The molecule has 1 aliphatic heterocycles. The molecule has 0 aliphatic carbocycles. The summed E-state index contributed by atoms with van der Waals surface area (Å²) < 4.78 is 4.90. The third-order valence-corrected chi connectivity index (χ3v) is 3.48. The van der Waals surface area contributed by atoms with Crippen LogP contribution in [-0.4, -0.2) is 42.8 Å². The van der Waals surface area contributed by atoms with Crippen LogP contribution >= 0.6 is 0 Å². The average Bonchev–Trinajstić information content (AvgIpc) is 2.88. The van der Waals surface area contributed by atoms with Crippen molar-refractivity contribution >= 4 is 5.97 Å². The molecule has 0 aromatic heterocycles. The van der Waals surface area contributed by atoms with Crippen LogP contribution < -0.4 is 0 Å². The first-order valence-electron chi connectivity index (χ1n) is 6.24. The van der Waals surface area contributed by atoms with Crippen molar-refractivity contribution in [3.8, 4) is 0 Å². The summed E-state index contributed by atoms with van der Waals surface area (Å²) in [6.07, 6.45) is 0.927. The topological polar surface area (TPSA) is 49.8 Å². The van der Waals surface area contributed by atoms with Crippen LogP contribution in [0.25, 0.3) is 0 Å². The smallest absolute Gasteiger partial charge is 0.327 e. The third-order valence-electron chi connectivity index (χ3n) is 3.48. The van der Waals surface area contributed by atoms with E-state index in [-0.39, 0.29) is 24.5 Å². The summed E-state index contributed by atoms with van der Waals surface area (Å²) in [6, 6.07) is 9.29. The summed E-state index contributed by atoms with van der Waals surface area (Å²) in [5.41, 5.74) is 0.947. The van der Waals surface area contributed by atoms with Crippen LogP contribution in [0, 0.1) is 5.92 Å². The highest BCUT2D eigenvalue weighted by molar-refractivity contribution is 5.77. The Morgan fingerprint density at radius 2 is 2.22 bits per heavy atom. The fraction of sp³-hybridized carbons (Fsp3) is 0.500. The molecule has 1 heterocycles. The maximum Gasteiger partial charge on any atom is 0.327 e. The number of benzene rings is 1. The van der Waals surface area contributed by atoms with E-state index in [9.17, 15) is 9.90 Å². The molecule has 2 rings (SSSR count). The zero-order valence-corrected chi connectivity index (χ0v) is 10.6. The van der Waals surface area contributed by atoms with Crippen molar-refractivity contribution in [2.24, 2.45) is 5.92 Å². The Balaban J connectivity index is 2.19. The van der Waals surface area contributed by atoms with Gasteiger partial charge in [0, 0.05) is 13.2 Å². The van der Waals surface area contributed by atoms with Crippen LogP contribution in [0.4, 0.5) is 0 Å². The van der Waals surface area contributed by atoms with E-state index in [1.54, 1.807) is 0 Å². The normalized spacial score (nSPS) is 21.8. The number of carbonyl (C=O) groups is 1. The molecular weight excluding hydrogens is 230 g/mol. The average molecular weight is 249 g/mol. The minimum atomic E-state index is -0.354. The molecule has 0 bridgehead atoms. The molecule has 1 fully saturated rings. The van der Waals surface area contributed by atoms with E-state index in [0.29, 0.717) is 0 Å². The number of hydrogen-bond donors (Lipinski definition) is 1. The molecule has 0 amide bonds. The predicted octanol–water partition coefficient (Wildman–Crippen LogP) is 1.21. The SMILES string of the molecule is COC(=O)C(c1ccccc1)N1CCC(CO)C1. The molecule has 4 heteroatoms. The van der Waals surface area contributed by atoms with Crippen LogP contribution in [0.1, 0.15) is 18.0 Å². The van der Waals surface area contributed by atoms with Crippen molar-refractivity contribution in [3.63, 3.8) is 0 Å². The molecule has 4 nitrogen and oxygen atoms in total. The highest BCUT2D eigenvalue weighted by Gasteiger charge is 2.33. The Bertz CT molecular complexity index is 393. The lowest BCUT2D eigenvalue weighted by Gasteiger charge is -2.25. The van der Waals surface area contributed by atoms with Crippen molar-refractivity contribution in [1.82, 2.24) is 4.90 Å². The lowest BCUT2D eigenvalue weighted by Crippen LogP contribution is -2.33. The molecule has 1 aliphatic rings. The van der Waals surface area contributed by atoms with Crippen LogP contribution in [-0.2, 0) is 9.53 Å². The number of rotatable bonds is 4. The van der Waals surface area contributed by atoms with E-state index in [1.807, 2.05) is 30.3 Å². The lowest BCUT2D eigenvalue weighted by molar-refractivity contribution is -0.147. The number of ether oxygens (including phenoxy) is 1. The largest absolute Gasteiger partial charge is 0.468 e. The van der Waals surface area contributed by atoms with Crippen molar-refractivity contribution in [2.45, 2.75) is 12.5 Å². The van der Waals surface area contributed by atoms with Gasteiger partial charge in [0.05, 0.1) is 7.11 Å². The quantitative estimate of drug-likeness (QED) is 0.815. The Morgan fingerprint density at radius 1 is 1.50 bits per heavy atom. The van der Waals surface area contributed by atoms with Gasteiger partial charge >= 0.3 is 5.97 Å². The van der Waals surface area contributed by atoms with E-state index in [1.165, 1.54) is 7.11 Å². The molecule has 0 spiro atoms. The molecule has 1 saturated heterocycles. The number of esters is 1. The first-order valence-corrected chi connectivity index (χ1v) is 6.24. The number of aliphatic hydroxyl groups is 1. The van der Waals surface area contributed by atoms with E-state index in [0.717, 1.165) is 25.1 Å². The first kappa shape index (κ1) is 13.1. The minimum Gasteiger partial charge on any atom is -0.468 e. The highest BCUT2D eigenvalue weighted by atomic mass is 16.5. The van der Waals surface area contributed by atoms with Crippen molar-refractivity contribution in [2.75, 3.05) is 26.8 Å². The fourth-order valence-electron chi connectivity index (χ4n) is 2.49. The molecule has 2 atom stereocenters. The standard InChI is InChI=1S/C14H19NO3/c1-18-14(17)13(12-5-3-2-4-6-12)15-8-7-11(9-15)10-16/h2-6,11,13,16H,7-10H2,1H3. The van der Waals surface area contributed by atoms with E-state index in [4.69, 9.17) is 4.74 Å². The summed E-state index contributed by atoms with van der Waals surface area (Å²) in [5, 5.41) is 9.19. The zero-order valence-electron chi connectivity index (χ0n) is 10.6. The predicted molar refractivity (Wildman–Crippen MR) is 68.0 cm³/mol. The van der Waals surface area contributed by atoms with Gasteiger partial charge in [-0.1, -0.05) is 30.3 Å². The number of methoxy groups -OCH3 is 1. The van der Waals surface area contributed by atoms with Gasteiger partial charge in [-0.25, -0.2) is 4.79 Å². The van der Waals surface area contributed by atoms with Gasteiger partial charge in [-0.05, 0) is 24.4 Å². The van der Waals surface area contributed by atoms with Crippen molar-refractivity contribution in [1.29, 1.82) is 0 Å². The van der Waals surface area contributed by atoms with Gasteiger partial charge in [0.25, 0.3) is 0 Å². The highest BCUT2D eigenvalue weighted by Crippen LogP contribution is 2.28. The number of nitrogens with zero attached hydrogens (tertiary/aromatic N) is 1.